The van der Waals surface area contributed by atoms with E-state index in [1.165, 1.54) is 6.07 Å². The summed E-state index contributed by atoms with van der Waals surface area (Å²) < 4.78 is 41.0. The van der Waals surface area contributed by atoms with Crippen molar-refractivity contribution < 1.29 is 33.0 Å². The standard InChI is InChI=1S/C54H60ClN7O8P2S/c1-37(2)61-38(3)51(54(63)64)52(53(61)39-12-14-41(55)15-13-39)40-8-7-9-45(34-40)59-30-28-58(29-31-59)43-16-18-44(19-17-43)60-32-33-69-72(60,68)47-20-21-49(50(35-47)62(65)66)56-42(36-73-48-10-5-4-6-11-48)22-25-57-26-23-46(24-27-57)70-71-67/h4-21,34-35,37,42,46,56H,22-33,36H2,1-3H3,(H,63,64). The van der Waals surface area contributed by atoms with E-state index in [0.717, 1.165) is 98.2 Å². The van der Waals surface area contributed by atoms with Crippen LogP contribution in [-0.4, -0.2) is 102 Å². The maximum Gasteiger partial charge on any atom is 0.338 e. The van der Waals surface area contributed by atoms with Crippen molar-refractivity contribution in [3.63, 3.8) is 0 Å². The molecule has 0 spiro atoms. The molecule has 0 aliphatic carbocycles. The molecule has 5 aromatic carbocycles. The highest BCUT2D eigenvalue weighted by molar-refractivity contribution is 7.99. The van der Waals surface area contributed by atoms with Gasteiger partial charge < -0.3 is 34.2 Å². The van der Waals surface area contributed by atoms with E-state index < -0.39 is 18.4 Å². The van der Waals surface area contributed by atoms with Crippen LogP contribution >= 0.6 is 39.6 Å². The first-order valence-corrected chi connectivity index (χ1v) is 28.4. The van der Waals surface area contributed by atoms with Crippen LogP contribution in [0, 0.1) is 17.0 Å². The Kier molecular flexibility index (Phi) is 16.6. The molecule has 73 heavy (non-hydrogen) atoms. The molecule has 19 heteroatoms. The number of carboxylic acids is 1. The van der Waals surface area contributed by atoms with E-state index >= 15 is 0 Å². The molecule has 1 aromatic heterocycles. The molecule has 3 aliphatic heterocycles. The van der Waals surface area contributed by atoms with Crippen LogP contribution in [0.2, 0.25) is 5.02 Å². The van der Waals surface area contributed by atoms with Crippen molar-refractivity contribution in [2.24, 2.45) is 0 Å². The highest BCUT2D eigenvalue weighted by Gasteiger charge is 2.41. The molecule has 9 rings (SSSR count). The molecule has 3 saturated heterocycles. The van der Waals surface area contributed by atoms with E-state index in [-0.39, 0.29) is 50.0 Å². The fraction of sp³-hybridized carbons (Fsp3) is 0.352. The zero-order valence-corrected chi connectivity index (χ0v) is 44.5. The molecule has 6 aromatic rings. The van der Waals surface area contributed by atoms with Crippen molar-refractivity contribution >= 4 is 79.3 Å². The molecule has 3 fully saturated rings. The van der Waals surface area contributed by atoms with Gasteiger partial charge in [-0.2, -0.15) is 0 Å². The predicted octanol–water partition coefficient (Wildman–Crippen LogP) is 12.3. The van der Waals surface area contributed by atoms with Crippen molar-refractivity contribution in [3.8, 4) is 22.4 Å². The number of rotatable bonds is 19. The number of nitro benzene ring substituents is 1. The van der Waals surface area contributed by atoms with Crippen LogP contribution in [0.1, 0.15) is 55.2 Å². The van der Waals surface area contributed by atoms with Gasteiger partial charge in [0.05, 0.1) is 40.7 Å². The molecule has 0 bridgehead atoms. The number of anilines is 4. The van der Waals surface area contributed by atoms with Gasteiger partial charge in [-0.1, -0.05) is 54.1 Å². The first kappa shape index (κ1) is 52.2. The van der Waals surface area contributed by atoms with Gasteiger partial charge in [-0.15, -0.1) is 11.8 Å². The fourth-order valence-electron chi connectivity index (χ4n) is 10.4. The predicted molar refractivity (Wildman–Crippen MR) is 294 cm³/mol. The monoisotopic (exact) mass is 1060 g/mol. The van der Waals surface area contributed by atoms with Crippen LogP contribution in [0.5, 0.6) is 0 Å². The number of carboxylic acid groups (broad SMARTS) is 1. The molecular formula is C54H60ClN7O8P2S. The van der Waals surface area contributed by atoms with E-state index in [1.807, 2.05) is 85.8 Å². The number of benzene rings is 5. The van der Waals surface area contributed by atoms with Crippen molar-refractivity contribution in [1.29, 1.82) is 0 Å². The maximum atomic E-state index is 14.9. The highest BCUT2D eigenvalue weighted by atomic mass is 35.5. The summed E-state index contributed by atoms with van der Waals surface area (Å²) in [7, 11) is -4.02. The lowest BCUT2D eigenvalue weighted by Gasteiger charge is -2.37. The van der Waals surface area contributed by atoms with Crippen LogP contribution in [-0.2, 0) is 18.2 Å². The molecule has 2 N–H and O–H groups in total. The van der Waals surface area contributed by atoms with Crippen LogP contribution in [0.15, 0.2) is 126 Å². The van der Waals surface area contributed by atoms with Crippen LogP contribution in [0.4, 0.5) is 28.4 Å². The Morgan fingerprint density at radius 2 is 1.56 bits per heavy atom. The lowest BCUT2D eigenvalue weighted by atomic mass is 9.96. The summed E-state index contributed by atoms with van der Waals surface area (Å²) in [6, 6.07) is 38.3. The number of aromatic carboxylic acids is 1. The number of piperazine rings is 1. The van der Waals surface area contributed by atoms with Gasteiger partial charge in [-0.25, -0.2) is 9.36 Å². The Morgan fingerprint density at radius 1 is 0.877 bits per heavy atom. The van der Waals surface area contributed by atoms with Crippen LogP contribution < -0.4 is 25.1 Å². The highest BCUT2D eigenvalue weighted by Crippen LogP contribution is 2.56. The number of hydrogen-bond acceptors (Lipinski definition) is 12. The normalized spacial score (nSPS) is 18.2. The van der Waals surface area contributed by atoms with Gasteiger partial charge >= 0.3 is 22.2 Å². The van der Waals surface area contributed by atoms with Gasteiger partial charge in [0.25, 0.3) is 5.69 Å². The zero-order chi connectivity index (χ0) is 51.2. The number of piperidine rings is 1. The minimum Gasteiger partial charge on any atom is -0.478 e. The van der Waals surface area contributed by atoms with Crippen LogP contribution in [0.3, 0.4) is 0 Å². The minimum atomic E-state index is -3.72. The molecule has 15 nitrogen and oxygen atoms in total. The summed E-state index contributed by atoms with van der Waals surface area (Å²) >= 11 is 7.97. The largest absolute Gasteiger partial charge is 0.478 e. The molecule has 4 heterocycles. The van der Waals surface area contributed by atoms with Gasteiger partial charge in [-0.3, -0.25) is 23.9 Å². The van der Waals surface area contributed by atoms with Gasteiger partial charge in [0, 0.05) is 108 Å². The number of halogens is 1. The Morgan fingerprint density at radius 3 is 2.22 bits per heavy atom. The number of carbonyl (C=O) groups is 1. The van der Waals surface area contributed by atoms with Crippen molar-refractivity contribution in [2.45, 2.75) is 63.1 Å². The van der Waals surface area contributed by atoms with E-state index in [0.29, 0.717) is 40.0 Å². The lowest BCUT2D eigenvalue weighted by Crippen LogP contribution is -2.46. The molecular weight excluding hydrogens is 1000 g/mol. The van der Waals surface area contributed by atoms with Crippen molar-refractivity contribution in [2.75, 3.05) is 84.5 Å². The number of aromatic nitrogens is 1. The van der Waals surface area contributed by atoms with E-state index in [4.69, 9.17) is 20.6 Å². The lowest BCUT2D eigenvalue weighted by molar-refractivity contribution is -0.383. The number of likely N-dealkylation sites (tertiary alicyclic amines) is 1. The van der Waals surface area contributed by atoms with Gasteiger partial charge in [-0.05, 0) is 124 Å². The molecule has 2 unspecified atom stereocenters. The Balaban J connectivity index is 0.879. The number of nitrogens with zero attached hydrogens (tertiary/aromatic N) is 6. The third-order valence-corrected chi connectivity index (χ3v) is 18.4. The average Bonchev–Trinajstić information content (AvgIpc) is 3.96. The average molecular weight is 1060 g/mol. The molecule has 3 aliphatic rings. The first-order valence-electron chi connectivity index (χ1n) is 24.7. The third-order valence-electron chi connectivity index (χ3n) is 14.1. The summed E-state index contributed by atoms with van der Waals surface area (Å²) in [6.07, 6.45) is 2.30. The Labute approximate surface area is 437 Å². The molecule has 382 valence electrons. The summed E-state index contributed by atoms with van der Waals surface area (Å²) in [5.41, 5.74) is 7.15. The van der Waals surface area contributed by atoms with E-state index in [2.05, 4.69) is 62.7 Å². The summed E-state index contributed by atoms with van der Waals surface area (Å²) in [5, 5.41) is 27.7. The third kappa shape index (κ3) is 11.7. The second kappa shape index (κ2) is 23.2. The van der Waals surface area contributed by atoms with Crippen molar-refractivity contribution in [1.82, 2.24) is 9.47 Å². The van der Waals surface area contributed by atoms with E-state index in [9.17, 15) is 29.1 Å². The quantitative estimate of drug-likeness (QED) is 0.0341. The summed E-state index contributed by atoms with van der Waals surface area (Å²) in [5.74, 6) is -0.299. The number of nitrogens with one attached hydrogen (secondary N) is 1. The SMILES string of the molecule is Cc1c(C(=O)O)c(-c2cccc(N3CCN(c4ccc(N5CCOP5(=O)c5ccc(NC(CCN6CCC(OP=O)CC6)CSc6ccccc6)c([N+](=O)[O-])c5)cc4)CC3)c2)c(-c2ccc(Cl)cc2)n1C(C)C. The van der Waals surface area contributed by atoms with Crippen molar-refractivity contribution in [3.05, 3.63) is 148 Å². The van der Waals surface area contributed by atoms with E-state index in [1.54, 1.807) is 28.6 Å². The summed E-state index contributed by atoms with van der Waals surface area (Å²) in [6.45, 7) is 11.9. The summed E-state index contributed by atoms with van der Waals surface area (Å²) in [4.78, 5) is 33.3. The number of nitro groups is 1. The topological polar surface area (TPSA) is 163 Å². The minimum absolute atomic E-state index is 0.0132. The maximum absolute atomic E-state index is 14.9. The second-order valence-corrected chi connectivity index (χ2v) is 23.1. The Hall–Kier alpha value is -5.70. The Bertz CT molecular complexity index is 2970. The fourth-order valence-corrected chi connectivity index (χ4v) is 14.1. The van der Waals surface area contributed by atoms with Gasteiger partial charge in [0.2, 0.25) is 0 Å². The van der Waals surface area contributed by atoms with Crippen LogP contribution in [0.25, 0.3) is 22.4 Å². The molecule has 2 atom stereocenters. The molecule has 0 saturated carbocycles. The second-order valence-electron chi connectivity index (χ2n) is 18.9. The van der Waals surface area contributed by atoms with Gasteiger partial charge in [0.1, 0.15) is 5.69 Å². The molecule has 0 radical (unpaired) electrons. The zero-order valence-electron chi connectivity index (χ0n) is 41.1. The number of thioether (sulfide) groups is 1. The smallest absolute Gasteiger partial charge is 0.338 e. The first-order chi connectivity index (χ1) is 35.3. The number of hydrogen-bond donors (Lipinski definition) is 2. The molecule has 0 amide bonds. The van der Waals surface area contributed by atoms with Gasteiger partial charge in [0.15, 0.2) is 0 Å².